The highest BCUT2D eigenvalue weighted by Gasteiger charge is 2.06. The van der Waals surface area contributed by atoms with Crippen molar-refractivity contribution in [1.82, 2.24) is 24.6 Å². The fourth-order valence-corrected chi connectivity index (χ4v) is 2.28. The molecule has 3 rings (SSSR count). The second-order valence-electron chi connectivity index (χ2n) is 5.05. The molecule has 3 aromatic heterocycles. The van der Waals surface area contributed by atoms with Crippen LogP contribution in [0.5, 0.6) is 0 Å². The van der Waals surface area contributed by atoms with Crippen LogP contribution in [0.15, 0.2) is 55.2 Å². The first-order valence-corrected chi connectivity index (χ1v) is 7.02. The molecule has 0 aromatic carbocycles. The van der Waals surface area contributed by atoms with Crippen molar-refractivity contribution in [2.24, 2.45) is 7.05 Å². The summed E-state index contributed by atoms with van der Waals surface area (Å²) in [7, 11) is 1.89. The van der Waals surface area contributed by atoms with Gasteiger partial charge in [0.25, 0.3) is 0 Å². The second-order valence-corrected chi connectivity index (χ2v) is 5.05. The van der Waals surface area contributed by atoms with Crippen LogP contribution in [0.3, 0.4) is 0 Å². The molecule has 0 aliphatic carbocycles. The van der Waals surface area contributed by atoms with Crippen molar-refractivity contribution in [3.63, 3.8) is 0 Å². The molecule has 0 atom stereocenters. The summed E-state index contributed by atoms with van der Waals surface area (Å²) in [6.45, 7) is 0.778. The van der Waals surface area contributed by atoms with Crippen LogP contribution in [0.4, 0.5) is 0 Å². The largest absolute Gasteiger partial charge is 0.350 e. The molecule has 112 valence electrons. The molecule has 22 heavy (non-hydrogen) atoms. The molecule has 0 saturated heterocycles. The van der Waals surface area contributed by atoms with E-state index in [1.54, 1.807) is 23.3 Å². The van der Waals surface area contributed by atoms with Crippen molar-refractivity contribution < 1.29 is 4.79 Å². The maximum Gasteiger partial charge on any atom is 0.240 e. The standard InChI is InChI=1S/C16H17N5O/c1-20-15(4-5-19-20)14-8-13(9-17-11-14)10-18-16(22)12-21-6-2-3-7-21/h2-9,11H,10,12H2,1H3,(H,18,22). The summed E-state index contributed by atoms with van der Waals surface area (Å²) in [6, 6.07) is 7.74. The SMILES string of the molecule is Cn1nccc1-c1cncc(CNC(=O)Cn2cccc2)c1. The molecule has 0 unspecified atom stereocenters. The molecule has 6 nitrogen and oxygen atoms in total. The number of pyridine rings is 1. The van der Waals surface area contributed by atoms with Gasteiger partial charge in [-0.1, -0.05) is 0 Å². The highest BCUT2D eigenvalue weighted by atomic mass is 16.1. The molecule has 0 aliphatic heterocycles. The maximum absolute atomic E-state index is 11.9. The van der Waals surface area contributed by atoms with Gasteiger partial charge in [0.15, 0.2) is 0 Å². The molecule has 0 saturated carbocycles. The Morgan fingerprint density at radius 2 is 2.09 bits per heavy atom. The van der Waals surface area contributed by atoms with Gasteiger partial charge in [-0.3, -0.25) is 14.5 Å². The number of nitrogens with one attached hydrogen (secondary N) is 1. The van der Waals surface area contributed by atoms with E-state index >= 15 is 0 Å². The Morgan fingerprint density at radius 3 is 2.82 bits per heavy atom. The number of carbonyl (C=O) groups is 1. The van der Waals surface area contributed by atoms with Crippen LogP contribution < -0.4 is 5.32 Å². The molecular weight excluding hydrogens is 278 g/mol. The molecule has 3 aromatic rings. The first kappa shape index (κ1) is 14.1. The lowest BCUT2D eigenvalue weighted by Crippen LogP contribution is -2.26. The van der Waals surface area contributed by atoms with E-state index in [4.69, 9.17) is 0 Å². The summed E-state index contributed by atoms with van der Waals surface area (Å²) in [4.78, 5) is 16.1. The van der Waals surface area contributed by atoms with Gasteiger partial charge in [0, 0.05) is 50.1 Å². The van der Waals surface area contributed by atoms with Gasteiger partial charge in [0.2, 0.25) is 5.91 Å². The number of aryl methyl sites for hydroxylation is 1. The first-order valence-electron chi connectivity index (χ1n) is 7.02. The predicted molar refractivity (Wildman–Crippen MR) is 82.7 cm³/mol. The quantitative estimate of drug-likeness (QED) is 0.777. The van der Waals surface area contributed by atoms with Gasteiger partial charge in [0.05, 0.1) is 5.69 Å². The van der Waals surface area contributed by atoms with E-state index in [0.717, 1.165) is 16.8 Å². The van der Waals surface area contributed by atoms with Gasteiger partial charge >= 0.3 is 0 Å². The van der Waals surface area contributed by atoms with Crippen LogP contribution in [0.1, 0.15) is 5.56 Å². The predicted octanol–water partition coefficient (Wildman–Crippen LogP) is 1.60. The number of nitrogens with zero attached hydrogens (tertiary/aromatic N) is 4. The lowest BCUT2D eigenvalue weighted by Gasteiger charge is -2.08. The van der Waals surface area contributed by atoms with Crippen LogP contribution >= 0.6 is 0 Å². The summed E-state index contributed by atoms with van der Waals surface area (Å²) < 4.78 is 3.63. The van der Waals surface area contributed by atoms with Crippen molar-refractivity contribution in [1.29, 1.82) is 0 Å². The van der Waals surface area contributed by atoms with E-state index in [1.807, 2.05) is 48.3 Å². The summed E-state index contributed by atoms with van der Waals surface area (Å²) >= 11 is 0. The van der Waals surface area contributed by atoms with Gasteiger partial charge in [-0.05, 0) is 29.8 Å². The van der Waals surface area contributed by atoms with E-state index in [1.165, 1.54) is 0 Å². The second kappa shape index (κ2) is 6.26. The van der Waals surface area contributed by atoms with Gasteiger partial charge in [-0.2, -0.15) is 5.10 Å². The van der Waals surface area contributed by atoms with Crippen molar-refractivity contribution in [2.75, 3.05) is 0 Å². The number of rotatable bonds is 5. The summed E-state index contributed by atoms with van der Waals surface area (Å²) in [6.07, 6.45) is 9.03. The number of aromatic nitrogens is 4. The van der Waals surface area contributed by atoms with E-state index in [2.05, 4.69) is 15.4 Å². The number of carbonyl (C=O) groups excluding carboxylic acids is 1. The Morgan fingerprint density at radius 1 is 1.27 bits per heavy atom. The highest BCUT2D eigenvalue weighted by Crippen LogP contribution is 2.17. The van der Waals surface area contributed by atoms with Crippen LogP contribution in [0, 0.1) is 0 Å². The van der Waals surface area contributed by atoms with Crippen molar-refractivity contribution in [3.8, 4) is 11.3 Å². The Balaban J connectivity index is 1.63. The summed E-state index contributed by atoms with van der Waals surface area (Å²) in [5.41, 5.74) is 2.93. The maximum atomic E-state index is 11.9. The fourth-order valence-electron chi connectivity index (χ4n) is 2.28. The van der Waals surface area contributed by atoms with E-state index < -0.39 is 0 Å². The molecule has 1 amide bonds. The fraction of sp³-hybridized carbons (Fsp3) is 0.188. The molecule has 0 aliphatic rings. The third kappa shape index (κ3) is 3.22. The Hall–Kier alpha value is -2.89. The lowest BCUT2D eigenvalue weighted by atomic mass is 10.1. The highest BCUT2D eigenvalue weighted by molar-refractivity contribution is 5.75. The van der Waals surface area contributed by atoms with Gasteiger partial charge in [-0.25, -0.2) is 0 Å². The zero-order valence-electron chi connectivity index (χ0n) is 12.3. The molecule has 6 heteroatoms. The minimum Gasteiger partial charge on any atom is -0.350 e. The number of hydrogen-bond acceptors (Lipinski definition) is 3. The van der Waals surface area contributed by atoms with Crippen molar-refractivity contribution >= 4 is 5.91 Å². The third-order valence-electron chi connectivity index (χ3n) is 3.39. The van der Waals surface area contributed by atoms with Gasteiger partial charge in [-0.15, -0.1) is 0 Å². The van der Waals surface area contributed by atoms with E-state index in [-0.39, 0.29) is 5.91 Å². The molecule has 0 radical (unpaired) electrons. The number of hydrogen-bond donors (Lipinski definition) is 1. The van der Waals surface area contributed by atoms with Crippen molar-refractivity contribution in [2.45, 2.75) is 13.1 Å². The van der Waals surface area contributed by atoms with Crippen LogP contribution in [-0.4, -0.2) is 25.2 Å². The minimum atomic E-state index is -0.0258. The zero-order valence-corrected chi connectivity index (χ0v) is 12.3. The normalized spacial score (nSPS) is 10.6. The smallest absolute Gasteiger partial charge is 0.240 e. The average Bonchev–Trinajstić information content (AvgIpc) is 3.17. The molecule has 1 N–H and O–H groups in total. The van der Waals surface area contributed by atoms with E-state index in [0.29, 0.717) is 13.1 Å². The first-order chi connectivity index (χ1) is 10.7. The molecule has 0 fully saturated rings. The Labute approximate surface area is 128 Å². The van der Waals surface area contributed by atoms with Crippen LogP contribution in [0.2, 0.25) is 0 Å². The van der Waals surface area contributed by atoms with Gasteiger partial charge < -0.3 is 9.88 Å². The molecular formula is C16H17N5O. The van der Waals surface area contributed by atoms with Crippen molar-refractivity contribution in [3.05, 3.63) is 60.8 Å². The minimum absolute atomic E-state index is 0.0258. The number of amides is 1. The summed E-state index contributed by atoms with van der Waals surface area (Å²) in [5, 5.41) is 7.06. The van der Waals surface area contributed by atoms with E-state index in [9.17, 15) is 4.79 Å². The van der Waals surface area contributed by atoms with Crippen LogP contribution in [-0.2, 0) is 24.9 Å². The molecule has 0 spiro atoms. The van der Waals surface area contributed by atoms with Crippen LogP contribution in [0.25, 0.3) is 11.3 Å². The molecule has 3 heterocycles. The Bertz CT molecular complexity index is 760. The Kier molecular flexibility index (Phi) is 4.00. The molecule has 0 bridgehead atoms. The van der Waals surface area contributed by atoms with Gasteiger partial charge in [0.1, 0.15) is 6.54 Å². The zero-order chi connectivity index (χ0) is 15.4. The lowest BCUT2D eigenvalue weighted by molar-refractivity contribution is -0.121. The third-order valence-corrected chi connectivity index (χ3v) is 3.39. The topological polar surface area (TPSA) is 64.7 Å². The average molecular weight is 295 g/mol. The summed E-state index contributed by atoms with van der Waals surface area (Å²) in [5.74, 6) is -0.0258. The monoisotopic (exact) mass is 295 g/mol.